The summed E-state index contributed by atoms with van der Waals surface area (Å²) in [5.41, 5.74) is -0.0580. The Morgan fingerprint density at radius 1 is 1.33 bits per heavy atom. The Morgan fingerprint density at radius 3 is 2.48 bits per heavy atom. The number of non-ortho nitro benzene ring substituents is 1. The van der Waals surface area contributed by atoms with Gasteiger partial charge in [-0.3, -0.25) is 10.1 Å². The molecule has 0 atom stereocenters. The molecule has 0 unspecified atom stereocenters. The molecule has 0 N–H and O–H groups in total. The number of hydrogen-bond acceptors (Lipinski definition) is 8. The summed E-state index contributed by atoms with van der Waals surface area (Å²) in [6, 6.07) is 4.31. The summed E-state index contributed by atoms with van der Waals surface area (Å²) >= 11 is 1.16. The molecule has 0 aliphatic rings. The van der Waals surface area contributed by atoms with E-state index in [1.165, 1.54) is 21.8 Å². The highest BCUT2D eigenvalue weighted by atomic mass is 32.2. The smallest absolute Gasteiger partial charge is 0.357 e. The molecule has 2 aromatic rings. The maximum Gasteiger partial charge on any atom is 0.357 e. The third-order valence-corrected chi connectivity index (χ3v) is 6.43. The minimum atomic E-state index is -3.90. The molecule has 0 saturated carbocycles. The summed E-state index contributed by atoms with van der Waals surface area (Å²) in [5, 5.41) is 12.7. The number of sulfonamides is 1. The highest BCUT2D eigenvalue weighted by Crippen LogP contribution is 2.24. The minimum Gasteiger partial charge on any atom is -0.461 e. The van der Waals surface area contributed by atoms with E-state index in [2.05, 4.69) is 4.98 Å². The van der Waals surface area contributed by atoms with Crippen molar-refractivity contribution in [3.05, 3.63) is 50.5 Å². The zero-order valence-corrected chi connectivity index (χ0v) is 16.6. The van der Waals surface area contributed by atoms with Gasteiger partial charge in [-0.05, 0) is 32.9 Å². The first kappa shape index (κ1) is 20.9. The Labute approximate surface area is 160 Å². The van der Waals surface area contributed by atoms with Gasteiger partial charge in [-0.2, -0.15) is 4.31 Å². The molecule has 11 heteroatoms. The standard InChI is InChI=1S/C16H19N3O6S2/c1-4-25-16(20)14-10-26-15(17-14)9-18(11(2)3)27(23,24)13-7-5-12(6-8-13)19(21)22/h5-8,10-11H,4,9H2,1-3H3. The SMILES string of the molecule is CCOC(=O)c1csc(CN(C(C)C)S(=O)(=O)c2ccc([N+](=O)[O-])cc2)n1. The molecule has 0 saturated heterocycles. The summed E-state index contributed by atoms with van der Waals surface area (Å²) in [7, 11) is -3.90. The molecule has 9 nitrogen and oxygen atoms in total. The molecule has 27 heavy (non-hydrogen) atoms. The summed E-state index contributed by atoms with van der Waals surface area (Å²) in [6.07, 6.45) is 0. The monoisotopic (exact) mass is 413 g/mol. The average Bonchev–Trinajstić information content (AvgIpc) is 3.08. The number of nitrogens with zero attached hydrogens (tertiary/aromatic N) is 3. The van der Waals surface area contributed by atoms with E-state index < -0.39 is 20.9 Å². The number of aromatic nitrogens is 1. The predicted molar refractivity (Wildman–Crippen MR) is 99.0 cm³/mol. The summed E-state index contributed by atoms with van der Waals surface area (Å²) in [6.45, 7) is 5.30. The van der Waals surface area contributed by atoms with Crippen LogP contribution in [0.5, 0.6) is 0 Å². The zero-order chi connectivity index (χ0) is 20.2. The number of carbonyl (C=O) groups is 1. The second kappa shape index (κ2) is 8.55. The first-order valence-corrected chi connectivity index (χ1v) is 10.4. The van der Waals surface area contributed by atoms with Gasteiger partial charge < -0.3 is 4.74 Å². The first-order chi connectivity index (χ1) is 12.7. The van der Waals surface area contributed by atoms with E-state index in [1.54, 1.807) is 20.8 Å². The Bertz CT molecular complexity index is 922. The van der Waals surface area contributed by atoms with Gasteiger partial charge in [0.15, 0.2) is 5.69 Å². The Balaban J connectivity index is 2.28. The van der Waals surface area contributed by atoms with Crippen LogP contribution in [0, 0.1) is 10.1 Å². The van der Waals surface area contributed by atoms with Gasteiger partial charge in [0.05, 0.1) is 23.0 Å². The Kier molecular flexibility index (Phi) is 6.63. The van der Waals surface area contributed by atoms with E-state index in [0.29, 0.717) is 5.01 Å². The number of nitro groups is 1. The fourth-order valence-corrected chi connectivity index (χ4v) is 4.68. The third-order valence-electron chi connectivity index (χ3n) is 3.56. The Morgan fingerprint density at radius 2 is 1.96 bits per heavy atom. The number of thiazole rings is 1. The first-order valence-electron chi connectivity index (χ1n) is 8.04. The number of rotatable bonds is 8. The highest BCUT2D eigenvalue weighted by molar-refractivity contribution is 7.89. The largest absolute Gasteiger partial charge is 0.461 e. The van der Waals surface area contributed by atoms with Crippen molar-refractivity contribution in [2.75, 3.05) is 6.61 Å². The molecule has 0 fully saturated rings. The second-order valence-electron chi connectivity index (χ2n) is 5.74. The summed E-state index contributed by atoms with van der Waals surface area (Å²) in [5.74, 6) is -0.561. The van der Waals surface area contributed by atoms with Crippen molar-refractivity contribution >= 4 is 33.0 Å². The number of benzene rings is 1. The van der Waals surface area contributed by atoms with Gasteiger partial charge in [0, 0.05) is 23.6 Å². The topological polar surface area (TPSA) is 120 Å². The highest BCUT2D eigenvalue weighted by Gasteiger charge is 2.29. The van der Waals surface area contributed by atoms with Crippen LogP contribution in [-0.2, 0) is 21.3 Å². The fraction of sp³-hybridized carbons (Fsp3) is 0.375. The summed E-state index contributed by atoms with van der Waals surface area (Å²) < 4.78 is 32.0. The lowest BCUT2D eigenvalue weighted by molar-refractivity contribution is -0.384. The van der Waals surface area contributed by atoms with Gasteiger partial charge in [-0.25, -0.2) is 18.2 Å². The van der Waals surface area contributed by atoms with Gasteiger partial charge in [-0.1, -0.05) is 0 Å². The van der Waals surface area contributed by atoms with Crippen molar-refractivity contribution in [3.8, 4) is 0 Å². The lowest BCUT2D eigenvalue weighted by Crippen LogP contribution is -2.36. The quantitative estimate of drug-likeness (QED) is 0.371. The van der Waals surface area contributed by atoms with Crippen molar-refractivity contribution in [2.24, 2.45) is 0 Å². The van der Waals surface area contributed by atoms with Crippen LogP contribution in [0.3, 0.4) is 0 Å². The molecule has 0 amide bonds. The van der Waals surface area contributed by atoms with Gasteiger partial charge in [-0.15, -0.1) is 11.3 Å². The number of esters is 1. The van der Waals surface area contributed by atoms with E-state index in [-0.39, 0.29) is 35.5 Å². The van der Waals surface area contributed by atoms with E-state index in [4.69, 9.17) is 4.74 Å². The molecule has 1 aromatic heterocycles. The van der Waals surface area contributed by atoms with Crippen LogP contribution in [-0.4, -0.2) is 41.2 Å². The van der Waals surface area contributed by atoms with Crippen LogP contribution in [0.15, 0.2) is 34.5 Å². The summed E-state index contributed by atoms with van der Waals surface area (Å²) in [4.78, 5) is 26.0. The Hall–Kier alpha value is -2.37. The molecule has 0 aliphatic heterocycles. The molecule has 0 radical (unpaired) electrons. The van der Waals surface area contributed by atoms with Gasteiger partial charge in [0.1, 0.15) is 5.01 Å². The third kappa shape index (κ3) is 4.87. The van der Waals surface area contributed by atoms with Crippen LogP contribution >= 0.6 is 11.3 Å². The van der Waals surface area contributed by atoms with Crippen LogP contribution in [0.1, 0.15) is 36.3 Å². The van der Waals surface area contributed by atoms with Crippen molar-refractivity contribution in [2.45, 2.75) is 38.3 Å². The van der Waals surface area contributed by atoms with Crippen molar-refractivity contribution in [1.82, 2.24) is 9.29 Å². The number of carbonyl (C=O) groups excluding carboxylic acids is 1. The molecule has 0 bridgehead atoms. The molecule has 0 spiro atoms. The minimum absolute atomic E-state index is 0.0267. The maximum absolute atomic E-state index is 12.9. The molecule has 1 heterocycles. The number of nitro benzene ring substituents is 1. The van der Waals surface area contributed by atoms with Crippen molar-refractivity contribution in [1.29, 1.82) is 0 Å². The van der Waals surface area contributed by atoms with E-state index in [0.717, 1.165) is 23.5 Å². The number of ether oxygens (including phenoxy) is 1. The molecule has 1 aromatic carbocycles. The predicted octanol–water partition coefficient (Wildman–Crippen LogP) is 2.83. The lowest BCUT2D eigenvalue weighted by Gasteiger charge is -2.25. The molecular weight excluding hydrogens is 394 g/mol. The van der Waals surface area contributed by atoms with Gasteiger partial charge >= 0.3 is 5.97 Å². The lowest BCUT2D eigenvalue weighted by atomic mass is 10.3. The maximum atomic E-state index is 12.9. The van der Waals surface area contributed by atoms with Gasteiger partial charge in [0.2, 0.25) is 10.0 Å². The normalized spacial score (nSPS) is 11.7. The van der Waals surface area contributed by atoms with Crippen LogP contribution in [0.25, 0.3) is 0 Å². The van der Waals surface area contributed by atoms with E-state index in [9.17, 15) is 23.3 Å². The number of hydrogen-bond donors (Lipinski definition) is 0. The van der Waals surface area contributed by atoms with Crippen LogP contribution in [0.2, 0.25) is 0 Å². The van der Waals surface area contributed by atoms with E-state index in [1.807, 2.05) is 0 Å². The molecular formula is C16H19N3O6S2. The molecule has 2 rings (SSSR count). The van der Waals surface area contributed by atoms with Crippen LogP contribution < -0.4 is 0 Å². The molecule has 0 aliphatic carbocycles. The zero-order valence-electron chi connectivity index (χ0n) is 15.0. The second-order valence-corrected chi connectivity index (χ2v) is 8.58. The fourth-order valence-electron chi connectivity index (χ4n) is 2.24. The van der Waals surface area contributed by atoms with E-state index >= 15 is 0 Å². The average molecular weight is 413 g/mol. The van der Waals surface area contributed by atoms with Crippen molar-refractivity contribution < 1.29 is 22.9 Å². The molecule has 146 valence electrons. The van der Waals surface area contributed by atoms with Crippen molar-refractivity contribution in [3.63, 3.8) is 0 Å². The van der Waals surface area contributed by atoms with Gasteiger partial charge in [0.25, 0.3) is 5.69 Å². The van der Waals surface area contributed by atoms with Crippen LogP contribution in [0.4, 0.5) is 5.69 Å².